The molecule has 4 aromatic heterocycles. The molecule has 20 aromatic rings. The van der Waals surface area contributed by atoms with Crippen LogP contribution in [0.1, 0.15) is 27.7 Å². The fraction of sp³-hybridized carbons (Fsp3) is 0.0526. The highest BCUT2D eigenvalue weighted by molar-refractivity contribution is 9.10. The van der Waals surface area contributed by atoms with Crippen molar-refractivity contribution >= 4 is 50.1 Å². The Labute approximate surface area is 743 Å². The summed E-state index contributed by atoms with van der Waals surface area (Å²) in [6, 6.07) is 143. The molecule has 0 saturated carbocycles. The fourth-order valence-electron chi connectivity index (χ4n) is 16.1. The zero-order chi connectivity index (χ0) is 85.3. The summed E-state index contributed by atoms with van der Waals surface area (Å²) in [5.74, 6) is 3.56. The minimum atomic E-state index is -0.563. The number of halogens is 1. The maximum atomic E-state index is 6.53. The molecule has 0 aliphatic carbocycles. The van der Waals surface area contributed by atoms with E-state index in [0.29, 0.717) is 34.9 Å². The van der Waals surface area contributed by atoms with Gasteiger partial charge in [0.1, 0.15) is 0 Å². The van der Waals surface area contributed by atoms with E-state index in [0.717, 1.165) is 121 Å². The highest BCUT2D eigenvalue weighted by Gasteiger charge is 2.52. The van der Waals surface area contributed by atoms with Crippen molar-refractivity contribution in [1.29, 1.82) is 0 Å². The van der Waals surface area contributed by atoms with Crippen LogP contribution in [0.2, 0.25) is 0 Å². The Kier molecular flexibility index (Phi) is 23.1. The number of hydrogen-bond acceptors (Lipinski definition) is 10. The molecule has 10 nitrogen and oxygen atoms in total. The lowest BCUT2D eigenvalue weighted by Crippen LogP contribution is -2.41. The van der Waals surface area contributed by atoms with E-state index in [9.17, 15) is 0 Å². The van der Waals surface area contributed by atoms with Crippen molar-refractivity contribution < 1.29 is 9.31 Å². The summed E-state index contributed by atoms with van der Waals surface area (Å²) in [6.07, 6.45) is 7.27. The zero-order valence-electron chi connectivity index (χ0n) is 69.9. The molecule has 602 valence electrons. The first-order valence-corrected chi connectivity index (χ1v) is 43.0. The van der Waals surface area contributed by atoms with Crippen LogP contribution < -0.4 is 5.46 Å². The lowest BCUT2D eigenvalue weighted by atomic mass is 9.77. The Bertz CT molecular complexity index is 7000. The highest BCUT2D eigenvalue weighted by Crippen LogP contribution is 2.43. The largest absolute Gasteiger partial charge is 0.494 e. The van der Waals surface area contributed by atoms with Crippen LogP contribution >= 0.6 is 15.9 Å². The van der Waals surface area contributed by atoms with E-state index >= 15 is 0 Å². The van der Waals surface area contributed by atoms with Crippen molar-refractivity contribution in [2.45, 2.75) is 38.9 Å². The molecule has 1 saturated heterocycles. The van der Waals surface area contributed by atoms with Gasteiger partial charge in [0.2, 0.25) is 0 Å². The quantitative estimate of drug-likeness (QED) is 0.0865. The van der Waals surface area contributed by atoms with Crippen molar-refractivity contribution in [3.63, 3.8) is 0 Å². The molecule has 0 spiro atoms. The van der Waals surface area contributed by atoms with Gasteiger partial charge >= 0.3 is 7.12 Å². The van der Waals surface area contributed by atoms with Crippen LogP contribution in [0.5, 0.6) is 0 Å². The van der Waals surface area contributed by atoms with Crippen molar-refractivity contribution in [3.8, 4) is 168 Å². The Morgan fingerprint density at radius 2 is 0.421 bits per heavy atom. The minimum absolute atomic E-state index is 0.490. The SMILES string of the molecule is Brc1ccc(-c2ccccc2)c2ccccc12.CC1(C)OB(c2cc(-c3ccncc3)cc(-c3nc(-c4ccc(-c5ccccc5)cc4)nc(-c4ccc(-c5ccccc5)cc4)n3)c2)OC1(C)C.c1ccc(-c2ccc(-c3nc(-c4ccc(-c5ccccc5)cc4)nc(-c4cc(-c5ccncc5)cc(-c5ccc(-c6ccccc6)c6ccccc56)c4)n3)cc2)cc1. The fourth-order valence-corrected chi connectivity index (χ4v) is 16.6. The Morgan fingerprint density at radius 1 is 0.198 bits per heavy atom. The number of hydrogen-bond donors (Lipinski definition) is 0. The number of nitrogens with zero attached hydrogens (tertiary/aromatic N) is 8. The molecule has 5 heterocycles. The van der Waals surface area contributed by atoms with Crippen LogP contribution in [0, 0.1) is 0 Å². The van der Waals surface area contributed by atoms with E-state index in [2.05, 4.69) is 412 Å². The van der Waals surface area contributed by atoms with Gasteiger partial charge < -0.3 is 9.31 Å². The molecule has 12 heteroatoms. The van der Waals surface area contributed by atoms with E-state index in [1.165, 1.54) is 43.8 Å². The highest BCUT2D eigenvalue weighted by atomic mass is 79.9. The number of rotatable bonds is 16. The van der Waals surface area contributed by atoms with Crippen molar-refractivity contribution in [1.82, 2.24) is 39.9 Å². The average Bonchev–Trinajstić information content (AvgIpc) is 1.24. The predicted molar refractivity (Wildman–Crippen MR) is 522 cm³/mol. The van der Waals surface area contributed by atoms with Crippen molar-refractivity contribution in [2.24, 2.45) is 0 Å². The molecule has 21 rings (SSSR count). The summed E-state index contributed by atoms with van der Waals surface area (Å²) in [5.41, 5.74) is 25.7. The van der Waals surface area contributed by atoms with Gasteiger partial charge in [0.05, 0.1) is 11.2 Å². The summed E-state index contributed by atoms with van der Waals surface area (Å²) in [5, 5.41) is 4.92. The molecule has 1 fully saturated rings. The molecule has 1 aliphatic heterocycles. The van der Waals surface area contributed by atoms with Gasteiger partial charge in [0.25, 0.3) is 0 Å². The molecule has 0 N–H and O–H groups in total. The van der Waals surface area contributed by atoms with Crippen LogP contribution in [-0.4, -0.2) is 58.2 Å². The maximum Gasteiger partial charge on any atom is 0.494 e. The third-order valence-corrected chi connectivity index (χ3v) is 24.2. The second kappa shape index (κ2) is 36.1. The van der Waals surface area contributed by atoms with Gasteiger partial charge in [-0.2, -0.15) is 0 Å². The van der Waals surface area contributed by atoms with Gasteiger partial charge in [-0.3, -0.25) is 9.97 Å². The van der Waals surface area contributed by atoms with Crippen LogP contribution in [0.15, 0.2) is 442 Å². The first-order valence-electron chi connectivity index (χ1n) is 42.3. The third kappa shape index (κ3) is 17.6. The number of aromatic nitrogens is 8. The summed E-state index contributed by atoms with van der Waals surface area (Å²) in [6.45, 7) is 8.27. The summed E-state index contributed by atoms with van der Waals surface area (Å²) < 4.78 is 14.2. The minimum Gasteiger partial charge on any atom is -0.399 e. The number of pyridine rings is 2. The number of fused-ring (bicyclic) bond motifs is 2. The smallest absolute Gasteiger partial charge is 0.399 e. The summed E-state index contributed by atoms with van der Waals surface area (Å²) in [7, 11) is -0.563. The topological polar surface area (TPSA) is 122 Å². The predicted octanol–water partition coefficient (Wildman–Crippen LogP) is 28.6. The van der Waals surface area contributed by atoms with E-state index in [4.69, 9.17) is 39.2 Å². The lowest BCUT2D eigenvalue weighted by molar-refractivity contribution is 0.00578. The molecular weight excluding hydrogens is 1600 g/mol. The van der Waals surface area contributed by atoms with Crippen LogP contribution in [-0.2, 0) is 9.31 Å². The first-order chi connectivity index (χ1) is 61.8. The van der Waals surface area contributed by atoms with Gasteiger partial charge in [0.15, 0.2) is 34.9 Å². The molecule has 126 heavy (non-hydrogen) atoms. The van der Waals surface area contributed by atoms with Gasteiger partial charge in [-0.25, -0.2) is 29.9 Å². The van der Waals surface area contributed by atoms with E-state index in [1.807, 2.05) is 67.0 Å². The zero-order valence-corrected chi connectivity index (χ0v) is 71.5. The molecule has 0 radical (unpaired) electrons. The van der Waals surface area contributed by atoms with Crippen molar-refractivity contribution in [2.75, 3.05) is 0 Å². The van der Waals surface area contributed by atoms with E-state index in [1.54, 1.807) is 12.4 Å². The normalized spacial score (nSPS) is 12.5. The molecule has 0 amide bonds. The molecule has 16 aromatic carbocycles. The van der Waals surface area contributed by atoms with Crippen molar-refractivity contribution in [3.05, 3.63) is 442 Å². The van der Waals surface area contributed by atoms with Crippen LogP contribution in [0.4, 0.5) is 0 Å². The molecular formula is C114H84BBrN8O2. The first kappa shape index (κ1) is 80.5. The Hall–Kier alpha value is -15.2. The summed E-state index contributed by atoms with van der Waals surface area (Å²) in [4.78, 5) is 39.4. The second-order valence-electron chi connectivity index (χ2n) is 32.2. The standard InChI is InChI=1S/C54H36N4.C44H37BN4O2.C16H11Br/c1-4-12-37(13-5-1)39-20-24-43(25-21-39)52-56-53(44-26-22-40(23-27-44)38-14-6-2-7-15-38)58-54(57-52)47-35-45(41-30-32-55-33-31-41)34-46(36-47)49-29-28-48(42-16-8-3-9-17-42)50-18-10-11-19-51(49)50;1-43(2)44(3,4)51-45(50-43)39-28-37(34-23-25-46-26-24-34)27-38(29-39)42-48-40(35-19-15-32(16-20-35)30-11-7-5-8-12-30)47-41(49-42)36-21-17-33(18-22-36)31-13-9-6-10-14-31;17-16-11-10-13(12-6-2-1-3-7-12)14-8-4-5-9-15(14)16/h1-36H;5-29H,1-4H3;1-11H. The molecule has 0 bridgehead atoms. The molecule has 0 unspecified atom stereocenters. The van der Waals surface area contributed by atoms with Gasteiger partial charge in [-0.05, 0) is 209 Å². The number of benzene rings is 16. The average molecular weight is 1690 g/mol. The Balaban J connectivity index is 0.000000139. The van der Waals surface area contributed by atoms with Crippen LogP contribution in [0.25, 0.3) is 190 Å². The second-order valence-corrected chi connectivity index (χ2v) is 33.0. The molecule has 1 aliphatic rings. The van der Waals surface area contributed by atoms with Gasteiger partial charge in [0, 0.05) is 62.6 Å². The lowest BCUT2D eigenvalue weighted by Gasteiger charge is -2.32. The maximum absolute atomic E-state index is 6.53. The van der Waals surface area contributed by atoms with Gasteiger partial charge in [-0.15, -0.1) is 0 Å². The van der Waals surface area contributed by atoms with E-state index in [-0.39, 0.29) is 0 Å². The monoisotopic (exact) mass is 1690 g/mol. The third-order valence-electron chi connectivity index (χ3n) is 23.5. The van der Waals surface area contributed by atoms with Gasteiger partial charge in [-0.1, -0.05) is 374 Å². The molecule has 0 atom stereocenters. The summed E-state index contributed by atoms with van der Waals surface area (Å²) >= 11 is 3.60. The Morgan fingerprint density at radius 3 is 0.762 bits per heavy atom. The van der Waals surface area contributed by atoms with Crippen LogP contribution in [0.3, 0.4) is 0 Å². The van der Waals surface area contributed by atoms with E-state index < -0.39 is 18.3 Å².